The summed E-state index contributed by atoms with van der Waals surface area (Å²) in [4.78, 5) is 85.7. The van der Waals surface area contributed by atoms with Crippen LogP contribution >= 0.6 is 0 Å². The van der Waals surface area contributed by atoms with Crippen LogP contribution in [-0.4, -0.2) is 121 Å². The fourth-order valence-electron chi connectivity index (χ4n) is 7.54. The Balaban J connectivity index is 0.967. The maximum Gasteiger partial charge on any atom is 0.261 e. The predicted octanol–water partition coefficient (Wildman–Crippen LogP) is 4.10. The first kappa shape index (κ1) is 38.5. The number of hydrogen-bond donors (Lipinski definition) is 2. The van der Waals surface area contributed by atoms with Gasteiger partial charge in [0.15, 0.2) is 0 Å². The van der Waals surface area contributed by atoms with Gasteiger partial charge in [-0.2, -0.15) is 0 Å². The van der Waals surface area contributed by atoms with E-state index in [1.807, 2.05) is 50.6 Å². The highest BCUT2D eigenvalue weighted by Crippen LogP contribution is 2.38. The molecule has 0 aromatic heterocycles. The summed E-state index contributed by atoms with van der Waals surface area (Å²) in [6.45, 7) is 4.46. The molecule has 2 heterocycles. The highest BCUT2D eigenvalue weighted by Gasteiger charge is 2.39. The Morgan fingerprint density at radius 1 is 0.667 bits per heavy atom. The van der Waals surface area contributed by atoms with Crippen molar-refractivity contribution in [1.82, 2.24) is 30.2 Å². The van der Waals surface area contributed by atoms with E-state index in [1.54, 1.807) is 24.3 Å². The number of carbonyl (C=O) groups excluding carboxylic acids is 6. The Morgan fingerprint density at radius 2 is 1.11 bits per heavy atom. The van der Waals surface area contributed by atoms with Crippen molar-refractivity contribution < 1.29 is 28.8 Å². The zero-order chi connectivity index (χ0) is 38.2. The highest BCUT2D eigenvalue weighted by molar-refractivity contribution is 6.33. The minimum atomic E-state index is -0.429. The lowest BCUT2D eigenvalue weighted by Crippen LogP contribution is -2.44. The SMILES string of the molecule is CN(CCCNC(=O)CC1=CCC=C1)CCCN1C(=O)c2ccc3c4c(ccc(c24)C1=O)C(=O)N(CCCN(C)CCCNC(=O)CC1C=CC=C1)C3=O. The first-order valence-corrected chi connectivity index (χ1v) is 19.1. The largest absolute Gasteiger partial charge is 0.356 e. The normalized spacial score (nSPS) is 16.2. The predicted molar refractivity (Wildman–Crippen MR) is 207 cm³/mol. The smallest absolute Gasteiger partial charge is 0.261 e. The van der Waals surface area contributed by atoms with E-state index in [0.717, 1.165) is 37.9 Å². The molecule has 0 spiro atoms. The molecule has 0 unspecified atom stereocenters. The van der Waals surface area contributed by atoms with E-state index >= 15 is 0 Å². The number of nitrogens with zero attached hydrogens (tertiary/aromatic N) is 4. The highest BCUT2D eigenvalue weighted by atomic mass is 16.2. The molecule has 2 aliphatic heterocycles. The van der Waals surface area contributed by atoms with E-state index in [9.17, 15) is 28.8 Å². The van der Waals surface area contributed by atoms with Crippen molar-refractivity contribution in [2.75, 3.05) is 66.5 Å². The molecule has 2 N–H and O–H groups in total. The summed E-state index contributed by atoms with van der Waals surface area (Å²) in [7, 11) is 3.95. The standard InChI is InChI=1S/C42H50N6O6/c1-45(21-7-19-43-35(49)27-29-11-3-4-12-29)23-9-25-47-39(51)31-15-17-33-38-34(18-16-32(37(31)38)40(47)52)42(54)48(41(33)53)26-10-24-46(2)22-8-20-44-36(50)28-30-13-5-6-14-30/h3-5,11-18,29H,6-10,19-28H2,1-2H3,(H,43,49)(H,44,50). The van der Waals surface area contributed by atoms with Crippen LogP contribution in [0.4, 0.5) is 0 Å². The van der Waals surface area contributed by atoms with Gasteiger partial charge in [0.2, 0.25) is 11.8 Å². The van der Waals surface area contributed by atoms with Crippen LogP contribution in [-0.2, 0) is 9.59 Å². The van der Waals surface area contributed by atoms with Crippen LogP contribution in [0.5, 0.6) is 0 Å². The molecular formula is C42H50N6O6. The molecular weight excluding hydrogens is 684 g/mol. The van der Waals surface area contributed by atoms with Gasteiger partial charge in [-0.25, -0.2) is 0 Å². The number of imide groups is 2. The van der Waals surface area contributed by atoms with Crippen molar-refractivity contribution in [3.05, 3.63) is 94.6 Å². The van der Waals surface area contributed by atoms with Crippen LogP contribution in [0.3, 0.4) is 0 Å². The first-order valence-electron chi connectivity index (χ1n) is 19.1. The van der Waals surface area contributed by atoms with Crippen LogP contribution < -0.4 is 10.6 Å². The molecule has 284 valence electrons. The Morgan fingerprint density at radius 3 is 1.56 bits per heavy atom. The average molecular weight is 735 g/mol. The Kier molecular flexibility index (Phi) is 12.7. The number of allylic oxidation sites excluding steroid dienone is 7. The fourth-order valence-corrected chi connectivity index (χ4v) is 7.54. The molecule has 6 rings (SSSR count). The second-order valence-corrected chi connectivity index (χ2v) is 14.5. The average Bonchev–Trinajstić information content (AvgIpc) is 3.87. The molecule has 0 fully saturated rings. The summed E-state index contributed by atoms with van der Waals surface area (Å²) in [5.74, 6) is -1.50. The van der Waals surface area contributed by atoms with Gasteiger partial charge in [-0.3, -0.25) is 38.6 Å². The monoisotopic (exact) mass is 734 g/mol. The number of carbonyl (C=O) groups is 6. The van der Waals surface area contributed by atoms with Crippen molar-refractivity contribution >= 4 is 46.2 Å². The molecule has 2 aromatic rings. The quantitative estimate of drug-likeness (QED) is 0.153. The van der Waals surface area contributed by atoms with Crippen LogP contribution in [0.1, 0.15) is 86.4 Å². The summed E-state index contributed by atoms with van der Waals surface area (Å²) in [6, 6.07) is 6.41. The van der Waals surface area contributed by atoms with Crippen LogP contribution in [0, 0.1) is 5.92 Å². The summed E-state index contributed by atoms with van der Waals surface area (Å²) in [5, 5.41) is 6.68. The summed E-state index contributed by atoms with van der Waals surface area (Å²) < 4.78 is 0. The zero-order valence-corrected chi connectivity index (χ0v) is 31.3. The topological polar surface area (TPSA) is 139 Å². The van der Waals surface area contributed by atoms with Crippen molar-refractivity contribution in [3.63, 3.8) is 0 Å². The molecule has 2 aliphatic carbocycles. The van der Waals surface area contributed by atoms with E-state index in [2.05, 4.69) is 26.5 Å². The Hall–Kier alpha value is -5.20. The van der Waals surface area contributed by atoms with Gasteiger partial charge >= 0.3 is 0 Å². The zero-order valence-electron chi connectivity index (χ0n) is 31.3. The second-order valence-electron chi connectivity index (χ2n) is 14.5. The lowest BCUT2D eigenvalue weighted by atomic mass is 9.86. The van der Waals surface area contributed by atoms with E-state index in [1.165, 1.54) is 9.80 Å². The molecule has 0 atom stereocenters. The number of nitrogens with one attached hydrogen (secondary N) is 2. The van der Waals surface area contributed by atoms with E-state index in [4.69, 9.17) is 0 Å². The Bertz CT molecular complexity index is 1860. The van der Waals surface area contributed by atoms with Gasteiger partial charge in [-0.15, -0.1) is 0 Å². The summed E-state index contributed by atoms with van der Waals surface area (Å²) >= 11 is 0. The lowest BCUT2D eigenvalue weighted by molar-refractivity contribution is -0.121. The maximum atomic E-state index is 13.7. The summed E-state index contributed by atoms with van der Waals surface area (Å²) in [5.41, 5.74) is 2.32. The molecule has 0 saturated heterocycles. The summed E-state index contributed by atoms with van der Waals surface area (Å²) in [6.07, 6.45) is 18.4. The molecule has 0 saturated carbocycles. The van der Waals surface area contributed by atoms with Gasteiger partial charge in [-0.1, -0.05) is 42.5 Å². The second kappa shape index (κ2) is 17.7. The number of benzene rings is 2. The third-order valence-corrected chi connectivity index (χ3v) is 10.4. The lowest BCUT2D eigenvalue weighted by Gasteiger charge is -2.32. The van der Waals surface area contributed by atoms with Crippen molar-refractivity contribution in [1.29, 1.82) is 0 Å². The van der Waals surface area contributed by atoms with Crippen molar-refractivity contribution in [2.24, 2.45) is 5.92 Å². The number of hydrogen-bond acceptors (Lipinski definition) is 8. The van der Waals surface area contributed by atoms with Gasteiger partial charge < -0.3 is 20.4 Å². The van der Waals surface area contributed by atoms with Crippen LogP contribution in [0.2, 0.25) is 0 Å². The first-order chi connectivity index (χ1) is 26.1. The number of amides is 6. The minimum absolute atomic E-state index is 0.0145. The minimum Gasteiger partial charge on any atom is -0.356 e. The Labute approximate surface area is 316 Å². The van der Waals surface area contributed by atoms with E-state index in [0.29, 0.717) is 84.9 Å². The van der Waals surface area contributed by atoms with Gasteiger partial charge in [0.1, 0.15) is 0 Å². The molecule has 4 aliphatic rings. The van der Waals surface area contributed by atoms with Crippen molar-refractivity contribution in [2.45, 2.75) is 44.9 Å². The van der Waals surface area contributed by atoms with Crippen LogP contribution in [0.15, 0.2) is 72.4 Å². The van der Waals surface area contributed by atoms with Gasteiger partial charge in [0, 0.05) is 71.5 Å². The van der Waals surface area contributed by atoms with Gasteiger partial charge in [0.25, 0.3) is 23.6 Å². The third kappa shape index (κ3) is 8.94. The third-order valence-electron chi connectivity index (χ3n) is 10.4. The number of rotatable bonds is 20. The van der Waals surface area contributed by atoms with Gasteiger partial charge in [-0.05, 0) is 102 Å². The molecule has 0 bridgehead atoms. The molecule has 54 heavy (non-hydrogen) atoms. The molecule has 12 heteroatoms. The molecule has 6 amide bonds. The molecule has 2 aromatic carbocycles. The van der Waals surface area contributed by atoms with Crippen molar-refractivity contribution in [3.8, 4) is 0 Å². The van der Waals surface area contributed by atoms with E-state index < -0.39 is 23.6 Å². The van der Waals surface area contributed by atoms with Gasteiger partial charge in [0.05, 0.1) is 6.42 Å². The maximum absolute atomic E-state index is 13.7. The molecule has 12 nitrogen and oxygen atoms in total. The van der Waals surface area contributed by atoms with Crippen LogP contribution in [0.25, 0.3) is 10.8 Å². The van der Waals surface area contributed by atoms with E-state index in [-0.39, 0.29) is 30.8 Å². The molecule has 0 radical (unpaired) electrons. The fraction of sp³-hybridized carbons (Fsp3) is 0.429.